The molecule has 0 spiro atoms. The summed E-state index contributed by atoms with van der Waals surface area (Å²) in [4.78, 5) is 11.6. The van der Waals surface area contributed by atoms with E-state index in [1.807, 2.05) is 30.3 Å². The molecular weight excluding hydrogens is 268 g/mol. The number of carbonyl (C=O) groups is 1. The Bertz CT molecular complexity index is 351. The summed E-state index contributed by atoms with van der Waals surface area (Å²) in [6, 6.07) is 9.27. The first-order valence-corrected chi connectivity index (χ1v) is 8.33. The molecule has 3 heteroatoms. The van der Waals surface area contributed by atoms with E-state index in [0.29, 0.717) is 12.2 Å². The van der Waals surface area contributed by atoms with Crippen molar-refractivity contribution in [2.45, 2.75) is 57.8 Å². The van der Waals surface area contributed by atoms with Gasteiger partial charge in [0.2, 0.25) is 0 Å². The SMILES string of the molecule is O=C(CCCCCCCCCCS)Oc1ccccc1. The molecule has 0 atom stereocenters. The molecule has 0 aromatic heterocycles. The number of thiol groups is 1. The minimum absolute atomic E-state index is 0.120. The van der Waals surface area contributed by atoms with E-state index in [-0.39, 0.29) is 5.97 Å². The standard InChI is InChI=1S/C17H26O2S/c18-17(19-16-12-8-7-9-13-16)14-10-5-3-1-2-4-6-11-15-20/h7-9,12-13,20H,1-6,10-11,14-15H2. The number of hydrogen-bond acceptors (Lipinski definition) is 3. The first kappa shape index (κ1) is 17.1. The average molecular weight is 294 g/mol. The van der Waals surface area contributed by atoms with Gasteiger partial charge in [-0.2, -0.15) is 12.6 Å². The highest BCUT2D eigenvalue weighted by Crippen LogP contribution is 2.12. The van der Waals surface area contributed by atoms with Crippen LogP contribution in [0.25, 0.3) is 0 Å². The normalized spacial score (nSPS) is 10.4. The summed E-state index contributed by atoms with van der Waals surface area (Å²) >= 11 is 4.20. The third kappa shape index (κ3) is 9.03. The van der Waals surface area contributed by atoms with Crippen LogP contribution in [-0.2, 0) is 4.79 Å². The highest BCUT2D eigenvalue weighted by Gasteiger charge is 2.03. The van der Waals surface area contributed by atoms with Crippen LogP contribution in [0.4, 0.5) is 0 Å². The van der Waals surface area contributed by atoms with E-state index in [2.05, 4.69) is 12.6 Å². The maximum absolute atomic E-state index is 11.6. The Kier molecular flexibility index (Phi) is 10.1. The fraction of sp³-hybridized carbons (Fsp3) is 0.588. The van der Waals surface area contributed by atoms with Crippen LogP contribution >= 0.6 is 12.6 Å². The van der Waals surface area contributed by atoms with Crippen molar-refractivity contribution in [2.24, 2.45) is 0 Å². The van der Waals surface area contributed by atoms with Gasteiger partial charge >= 0.3 is 5.97 Å². The second-order valence-corrected chi connectivity index (χ2v) is 5.54. The van der Waals surface area contributed by atoms with Crippen molar-refractivity contribution < 1.29 is 9.53 Å². The van der Waals surface area contributed by atoms with Crippen LogP contribution in [0, 0.1) is 0 Å². The van der Waals surface area contributed by atoms with Gasteiger partial charge in [0, 0.05) is 6.42 Å². The molecule has 0 saturated heterocycles. The van der Waals surface area contributed by atoms with Crippen molar-refractivity contribution in [1.82, 2.24) is 0 Å². The molecule has 0 radical (unpaired) electrons. The van der Waals surface area contributed by atoms with E-state index in [1.54, 1.807) is 0 Å². The maximum atomic E-state index is 11.6. The predicted molar refractivity (Wildman–Crippen MR) is 87.5 cm³/mol. The van der Waals surface area contributed by atoms with Gasteiger partial charge in [0.1, 0.15) is 5.75 Å². The smallest absolute Gasteiger partial charge is 0.311 e. The molecule has 0 aliphatic carbocycles. The minimum Gasteiger partial charge on any atom is -0.427 e. The van der Waals surface area contributed by atoms with Gasteiger partial charge in [-0.3, -0.25) is 4.79 Å². The number of ether oxygens (including phenoxy) is 1. The Morgan fingerprint density at radius 2 is 1.40 bits per heavy atom. The van der Waals surface area contributed by atoms with E-state index in [9.17, 15) is 4.79 Å². The summed E-state index contributed by atoms with van der Waals surface area (Å²) in [7, 11) is 0. The molecule has 0 bridgehead atoms. The molecule has 20 heavy (non-hydrogen) atoms. The van der Waals surface area contributed by atoms with Crippen LogP contribution in [0.3, 0.4) is 0 Å². The van der Waals surface area contributed by atoms with E-state index in [1.165, 1.54) is 38.5 Å². The fourth-order valence-electron chi connectivity index (χ4n) is 2.11. The van der Waals surface area contributed by atoms with Gasteiger partial charge in [-0.25, -0.2) is 0 Å². The molecule has 0 heterocycles. The van der Waals surface area contributed by atoms with Gasteiger partial charge in [0.15, 0.2) is 0 Å². The summed E-state index contributed by atoms with van der Waals surface area (Å²) in [6.45, 7) is 0. The highest BCUT2D eigenvalue weighted by atomic mass is 32.1. The molecule has 0 unspecified atom stereocenters. The van der Waals surface area contributed by atoms with E-state index >= 15 is 0 Å². The Morgan fingerprint density at radius 3 is 2.00 bits per heavy atom. The number of para-hydroxylation sites is 1. The molecule has 0 fully saturated rings. The van der Waals surface area contributed by atoms with Crippen molar-refractivity contribution in [1.29, 1.82) is 0 Å². The van der Waals surface area contributed by atoms with Gasteiger partial charge in [-0.15, -0.1) is 0 Å². The quantitative estimate of drug-likeness (QED) is 0.268. The predicted octanol–water partition coefficient (Wildman–Crippen LogP) is 5.03. The molecule has 1 aromatic rings. The molecule has 1 aromatic carbocycles. The van der Waals surface area contributed by atoms with Crippen molar-refractivity contribution >= 4 is 18.6 Å². The first-order valence-electron chi connectivity index (χ1n) is 7.69. The van der Waals surface area contributed by atoms with E-state index in [0.717, 1.165) is 18.6 Å². The monoisotopic (exact) mass is 294 g/mol. The van der Waals surface area contributed by atoms with Gasteiger partial charge in [0.25, 0.3) is 0 Å². The summed E-state index contributed by atoms with van der Waals surface area (Å²) in [6.07, 6.45) is 10.2. The third-order valence-corrected chi connectivity index (χ3v) is 3.58. The third-order valence-electron chi connectivity index (χ3n) is 3.26. The zero-order valence-electron chi connectivity index (χ0n) is 12.2. The van der Waals surface area contributed by atoms with Crippen molar-refractivity contribution in [3.05, 3.63) is 30.3 Å². The molecule has 0 N–H and O–H groups in total. The lowest BCUT2D eigenvalue weighted by Crippen LogP contribution is -2.07. The van der Waals surface area contributed by atoms with E-state index in [4.69, 9.17) is 4.74 Å². The van der Waals surface area contributed by atoms with Gasteiger partial charge in [-0.05, 0) is 30.7 Å². The van der Waals surface area contributed by atoms with Crippen molar-refractivity contribution in [3.8, 4) is 5.75 Å². The lowest BCUT2D eigenvalue weighted by molar-refractivity contribution is -0.134. The molecule has 0 saturated carbocycles. The average Bonchev–Trinajstić information content (AvgIpc) is 2.46. The zero-order valence-corrected chi connectivity index (χ0v) is 13.1. The van der Waals surface area contributed by atoms with Crippen LogP contribution in [0.5, 0.6) is 5.75 Å². The number of carbonyl (C=O) groups excluding carboxylic acids is 1. The Hall–Kier alpha value is -0.960. The number of hydrogen-bond donors (Lipinski definition) is 1. The van der Waals surface area contributed by atoms with Crippen LogP contribution < -0.4 is 4.74 Å². The second-order valence-electron chi connectivity index (χ2n) is 5.09. The molecule has 0 aliphatic rings. The van der Waals surface area contributed by atoms with Crippen LogP contribution in [0.15, 0.2) is 30.3 Å². The topological polar surface area (TPSA) is 26.3 Å². The second kappa shape index (κ2) is 11.8. The summed E-state index contributed by atoms with van der Waals surface area (Å²) in [5.74, 6) is 1.52. The van der Waals surface area contributed by atoms with Gasteiger partial charge in [0.05, 0.1) is 0 Å². The molecule has 1 rings (SSSR count). The van der Waals surface area contributed by atoms with Crippen LogP contribution in [0.2, 0.25) is 0 Å². The summed E-state index contributed by atoms with van der Waals surface area (Å²) in [5, 5.41) is 0. The number of esters is 1. The van der Waals surface area contributed by atoms with E-state index < -0.39 is 0 Å². The Labute approximate surface area is 128 Å². The molecule has 0 amide bonds. The summed E-state index contributed by atoms with van der Waals surface area (Å²) in [5.41, 5.74) is 0. The molecule has 0 aliphatic heterocycles. The van der Waals surface area contributed by atoms with Crippen LogP contribution in [-0.4, -0.2) is 11.7 Å². The van der Waals surface area contributed by atoms with Crippen molar-refractivity contribution in [2.75, 3.05) is 5.75 Å². The fourth-order valence-corrected chi connectivity index (χ4v) is 2.34. The molecule has 2 nitrogen and oxygen atoms in total. The number of unbranched alkanes of at least 4 members (excludes halogenated alkanes) is 7. The van der Waals surface area contributed by atoms with Crippen LogP contribution in [0.1, 0.15) is 57.8 Å². The zero-order chi connectivity index (χ0) is 14.5. The molecule has 112 valence electrons. The number of benzene rings is 1. The highest BCUT2D eigenvalue weighted by molar-refractivity contribution is 7.80. The maximum Gasteiger partial charge on any atom is 0.311 e. The minimum atomic E-state index is -0.120. The summed E-state index contributed by atoms with van der Waals surface area (Å²) < 4.78 is 5.24. The Balaban J connectivity index is 1.92. The Morgan fingerprint density at radius 1 is 0.850 bits per heavy atom. The lowest BCUT2D eigenvalue weighted by Gasteiger charge is -2.04. The first-order chi connectivity index (χ1) is 9.83. The van der Waals surface area contributed by atoms with Gasteiger partial charge < -0.3 is 4.74 Å². The lowest BCUT2D eigenvalue weighted by atomic mass is 10.1. The molecular formula is C17H26O2S. The van der Waals surface area contributed by atoms with Crippen molar-refractivity contribution in [3.63, 3.8) is 0 Å². The number of rotatable bonds is 11. The van der Waals surface area contributed by atoms with Gasteiger partial charge in [-0.1, -0.05) is 56.7 Å². The largest absolute Gasteiger partial charge is 0.427 e.